The number of hydrogen-bond acceptors (Lipinski definition) is 5. The number of hydrogen-bond donors (Lipinski definition) is 0. The Morgan fingerprint density at radius 1 is 0.657 bits per heavy atom. The normalized spacial score (nSPS) is 10.2. The third kappa shape index (κ3) is 5.04. The molecule has 0 heterocycles. The molecule has 35 heavy (non-hydrogen) atoms. The van der Waals surface area contributed by atoms with E-state index < -0.39 is 0 Å². The average Bonchev–Trinajstić information content (AvgIpc) is 2.93. The number of rotatable bonds is 6. The van der Waals surface area contributed by atoms with Crippen molar-refractivity contribution in [1.82, 2.24) is 0 Å². The van der Waals surface area contributed by atoms with Gasteiger partial charge in [-0.15, -0.1) is 0 Å². The Labute approximate surface area is 204 Å². The number of nitrogens with zero attached hydrogens (tertiary/aromatic N) is 4. The van der Waals surface area contributed by atoms with Crippen molar-refractivity contribution in [2.75, 3.05) is 12.0 Å². The maximum atomic E-state index is 9.49. The summed E-state index contributed by atoms with van der Waals surface area (Å²) in [5.74, 6) is 0.790. The van der Waals surface area contributed by atoms with Crippen LogP contribution < -0.4 is 9.64 Å². The highest BCUT2D eigenvalue weighted by atomic mass is 16.5. The lowest BCUT2D eigenvalue weighted by Crippen LogP contribution is -2.09. The lowest BCUT2D eigenvalue weighted by Gasteiger charge is -2.25. The van der Waals surface area contributed by atoms with E-state index >= 15 is 0 Å². The first-order chi connectivity index (χ1) is 17.2. The molecule has 0 amide bonds. The summed E-state index contributed by atoms with van der Waals surface area (Å²) in [5.41, 5.74) is 5.29. The summed E-state index contributed by atoms with van der Waals surface area (Å²) in [4.78, 5) is 2.15. The van der Waals surface area contributed by atoms with E-state index in [0.717, 1.165) is 28.4 Å². The zero-order valence-corrected chi connectivity index (χ0v) is 19.0. The molecule has 0 fully saturated rings. The molecule has 0 radical (unpaired) electrons. The van der Waals surface area contributed by atoms with Gasteiger partial charge in [0, 0.05) is 22.6 Å². The molecule has 0 aliphatic rings. The van der Waals surface area contributed by atoms with Gasteiger partial charge in [-0.25, -0.2) is 0 Å². The minimum atomic E-state index is 0.291. The number of para-hydroxylation sites is 1. The maximum Gasteiger partial charge on any atom is 0.119 e. The summed E-state index contributed by atoms with van der Waals surface area (Å²) in [6.07, 6.45) is 3.60. The molecule has 0 spiro atoms. The first-order valence-electron chi connectivity index (χ1n) is 10.8. The van der Waals surface area contributed by atoms with Crippen molar-refractivity contribution in [3.63, 3.8) is 0 Å². The van der Waals surface area contributed by atoms with E-state index in [1.807, 2.05) is 78.9 Å². The molecule has 5 nitrogen and oxygen atoms in total. The molecular formula is C30H20N4O. The Morgan fingerprint density at radius 3 is 1.71 bits per heavy atom. The van der Waals surface area contributed by atoms with E-state index in [2.05, 4.69) is 29.2 Å². The van der Waals surface area contributed by atoms with Crippen molar-refractivity contribution in [3.8, 4) is 24.0 Å². The van der Waals surface area contributed by atoms with Gasteiger partial charge in [0.05, 0.1) is 42.0 Å². The van der Waals surface area contributed by atoms with Crippen LogP contribution in [0.5, 0.6) is 5.75 Å². The fourth-order valence-electron chi connectivity index (χ4n) is 3.75. The Balaban J connectivity index is 1.68. The van der Waals surface area contributed by atoms with E-state index in [1.54, 1.807) is 13.2 Å². The standard InChI is InChI=1S/C30H20N4O/c1-35-29-14-12-28(13-15-29)34(26-5-3-2-4-6-26)27-10-7-22(8-11-27)9-16-30-24(20-32)17-23(19-31)18-25(30)21-33/h2-18H,1H3/b16-9-. The molecular weight excluding hydrogens is 432 g/mol. The zero-order valence-electron chi connectivity index (χ0n) is 19.0. The van der Waals surface area contributed by atoms with Crippen LogP contribution in [0, 0.1) is 34.0 Å². The Bertz CT molecular complexity index is 1450. The van der Waals surface area contributed by atoms with Crippen molar-refractivity contribution in [2.24, 2.45) is 0 Å². The molecule has 0 aromatic heterocycles. The van der Waals surface area contributed by atoms with Crippen LogP contribution in [0.1, 0.15) is 27.8 Å². The third-order valence-electron chi connectivity index (χ3n) is 5.49. The van der Waals surface area contributed by atoms with Crippen molar-refractivity contribution in [3.05, 3.63) is 119 Å². The van der Waals surface area contributed by atoms with Gasteiger partial charge in [0.15, 0.2) is 0 Å². The Kier molecular flexibility index (Phi) is 6.89. The Morgan fingerprint density at radius 2 is 1.20 bits per heavy atom. The fourth-order valence-corrected chi connectivity index (χ4v) is 3.75. The molecule has 0 N–H and O–H groups in total. The van der Waals surface area contributed by atoms with Crippen LogP contribution in [0.25, 0.3) is 12.2 Å². The minimum Gasteiger partial charge on any atom is -0.497 e. The molecule has 5 heteroatoms. The Hall–Kier alpha value is -5.31. The lowest BCUT2D eigenvalue weighted by molar-refractivity contribution is 0.415. The van der Waals surface area contributed by atoms with E-state index in [0.29, 0.717) is 22.3 Å². The molecule has 0 atom stereocenters. The monoisotopic (exact) mass is 452 g/mol. The van der Waals surface area contributed by atoms with Gasteiger partial charge >= 0.3 is 0 Å². The summed E-state index contributed by atoms with van der Waals surface area (Å²) >= 11 is 0. The topological polar surface area (TPSA) is 83.8 Å². The van der Waals surface area contributed by atoms with Gasteiger partial charge in [0.2, 0.25) is 0 Å². The summed E-state index contributed by atoms with van der Waals surface area (Å²) < 4.78 is 5.30. The molecule has 0 aliphatic carbocycles. The molecule has 0 bridgehead atoms. The first kappa shape index (κ1) is 22.9. The highest BCUT2D eigenvalue weighted by Crippen LogP contribution is 2.35. The fraction of sp³-hybridized carbons (Fsp3) is 0.0333. The first-order valence-corrected chi connectivity index (χ1v) is 10.8. The number of ether oxygens (including phenoxy) is 1. The highest BCUT2D eigenvalue weighted by Gasteiger charge is 2.12. The summed E-state index contributed by atoms with van der Waals surface area (Å²) in [7, 11) is 1.65. The second kappa shape index (κ2) is 10.5. The van der Waals surface area contributed by atoms with E-state index in [-0.39, 0.29) is 0 Å². The molecule has 4 aromatic rings. The van der Waals surface area contributed by atoms with Crippen LogP contribution >= 0.6 is 0 Å². The van der Waals surface area contributed by atoms with Gasteiger partial charge in [-0.05, 0) is 66.2 Å². The minimum absolute atomic E-state index is 0.291. The SMILES string of the molecule is COc1ccc(N(c2ccccc2)c2ccc(/C=C\c3c(C#N)cc(C#N)cc3C#N)cc2)cc1. The smallest absolute Gasteiger partial charge is 0.119 e. The average molecular weight is 453 g/mol. The quantitative estimate of drug-likeness (QED) is 0.296. The molecule has 0 saturated carbocycles. The number of methoxy groups -OCH3 is 1. The van der Waals surface area contributed by atoms with E-state index in [9.17, 15) is 10.5 Å². The van der Waals surface area contributed by atoms with Crippen molar-refractivity contribution in [1.29, 1.82) is 15.8 Å². The largest absolute Gasteiger partial charge is 0.497 e. The molecule has 0 saturated heterocycles. The number of nitriles is 3. The molecule has 0 unspecified atom stereocenters. The second-order valence-corrected chi connectivity index (χ2v) is 7.61. The number of anilines is 3. The maximum absolute atomic E-state index is 9.49. The number of benzene rings is 4. The third-order valence-corrected chi connectivity index (χ3v) is 5.49. The van der Waals surface area contributed by atoms with Crippen LogP contribution in [0.2, 0.25) is 0 Å². The van der Waals surface area contributed by atoms with Crippen molar-refractivity contribution in [2.45, 2.75) is 0 Å². The summed E-state index contributed by atoms with van der Waals surface area (Å²) in [5, 5.41) is 28.1. The molecule has 4 rings (SSSR count). The zero-order chi connectivity index (χ0) is 24.6. The van der Waals surface area contributed by atoms with Crippen LogP contribution in [0.4, 0.5) is 17.1 Å². The van der Waals surface area contributed by atoms with Gasteiger partial charge < -0.3 is 9.64 Å². The van der Waals surface area contributed by atoms with E-state index in [4.69, 9.17) is 10.00 Å². The van der Waals surface area contributed by atoms with Crippen LogP contribution in [-0.4, -0.2) is 7.11 Å². The van der Waals surface area contributed by atoms with Crippen LogP contribution in [-0.2, 0) is 0 Å². The second-order valence-electron chi connectivity index (χ2n) is 7.61. The van der Waals surface area contributed by atoms with Crippen LogP contribution in [0.15, 0.2) is 91.0 Å². The summed E-state index contributed by atoms with van der Waals surface area (Å²) in [6.45, 7) is 0. The van der Waals surface area contributed by atoms with Crippen molar-refractivity contribution >= 4 is 29.2 Å². The predicted molar refractivity (Wildman–Crippen MR) is 137 cm³/mol. The summed E-state index contributed by atoms with van der Waals surface area (Å²) in [6, 6.07) is 35.1. The van der Waals surface area contributed by atoms with Gasteiger partial charge in [-0.3, -0.25) is 0 Å². The van der Waals surface area contributed by atoms with Gasteiger partial charge in [0.1, 0.15) is 5.75 Å². The highest BCUT2D eigenvalue weighted by molar-refractivity contribution is 5.80. The van der Waals surface area contributed by atoms with E-state index in [1.165, 1.54) is 12.1 Å². The van der Waals surface area contributed by atoms with Crippen molar-refractivity contribution < 1.29 is 4.74 Å². The molecule has 0 aliphatic heterocycles. The predicted octanol–water partition coefficient (Wildman–Crippen LogP) is 6.95. The van der Waals surface area contributed by atoms with Gasteiger partial charge in [-0.2, -0.15) is 15.8 Å². The molecule has 4 aromatic carbocycles. The van der Waals surface area contributed by atoms with Crippen LogP contribution in [0.3, 0.4) is 0 Å². The lowest BCUT2D eigenvalue weighted by atomic mass is 9.98. The van der Waals surface area contributed by atoms with Gasteiger partial charge in [-0.1, -0.05) is 42.5 Å². The van der Waals surface area contributed by atoms with Gasteiger partial charge in [0.25, 0.3) is 0 Å². The molecule has 166 valence electrons.